The molecule has 0 radical (unpaired) electrons. The summed E-state index contributed by atoms with van der Waals surface area (Å²) in [6.45, 7) is 3.31. The minimum Gasteiger partial charge on any atom is -0.493 e. The Balaban J connectivity index is 1.70. The molecule has 2 aromatic carbocycles. The lowest BCUT2D eigenvalue weighted by Gasteiger charge is -2.33. The second-order valence-electron chi connectivity index (χ2n) is 6.99. The molecular formula is C22H27FN2O4. The predicted octanol–water partition coefficient (Wildman–Crippen LogP) is 3.94. The number of methoxy groups -OCH3 is 3. The molecule has 156 valence electrons. The van der Waals surface area contributed by atoms with E-state index in [1.165, 1.54) is 27.4 Å². The van der Waals surface area contributed by atoms with E-state index in [2.05, 4.69) is 10.2 Å². The van der Waals surface area contributed by atoms with Crippen molar-refractivity contribution in [1.29, 1.82) is 0 Å². The molecule has 1 heterocycles. The van der Waals surface area contributed by atoms with E-state index >= 15 is 0 Å². The molecule has 1 aliphatic heterocycles. The van der Waals surface area contributed by atoms with Crippen molar-refractivity contribution >= 4 is 17.3 Å². The molecule has 0 fully saturated rings. The normalized spacial score (nSPS) is 12.9. The lowest BCUT2D eigenvalue weighted by atomic mass is 9.97. The molecule has 6 nitrogen and oxygen atoms in total. The highest BCUT2D eigenvalue weighted by molar-refractivity contribution is 5.92. The first-order valence-electron chi connectivity index (χ1n) is 9.61. The number of nitrogens with one attached hydrogen (secondary N) is 1. The van der Waals surface area contributed by atoms with Gasteiger partial charge in [0, 0.05) is 48.6 Å². The van der Waals surface area contributed by atoms with Crippen molar-refractivity contribution in [3.05, 3.63) is 41.2 Å². The van der Waals surface area contributed by atoms with E-state index < -0.39 is 0 Å². The van der Waals surface area contributed by atoms with Gasteiger partial charge in [-0.15, -0.1) is 0 Å². The Hall–Kier alpha value is -2.96. The minimum absolute atomic E-state index is 0.138. The molecule has 1 amide bonds. The maximum atomic E-state index is 14.2. The summed E-state index contributed by atoms with van der Waals surface area (Å²) in [6.07, 6.45) is 1.89. The van der Waals surface area contributed by atoms with E-state index in [9.17, 15) is 9.18 Å². The molecule has 0 bridgehead atoms. The number of hydrogen-bond donors (Lipinski definition) is 1. The Bertz CT molecular complexity index is 876. The SMILES string of the molecule is COc1cc(NC(=O)CCN2CCCc3c(F)ccc(C)c32)cc(OC)c1OC. The monoisotopic (exact) mass is 402 g/mol. The third kappa shape index (κ3) is 4.39. The van der Waals surface area contributed by atoms with Crippen molar-refractivity contribution < 1.29 is 23.4 Å². The van der Waals surface area contributed by atoms with Crippen LogP contribution in [0.25, 0.3) is 0 Å². The van der Waals surface area contributed by atoms with Crippen molar-refractivity contribution in [3.8, 4) is 17.2 Å². The summed E-state index contributed by atoms with van der Waals surface area (Å²) < 4.78 is 30.1. The fourth-order valence-corrected chi connectivity index (χ4v) is 3.80. The summed E-state index contributed by atoms with van der Waals surface area (Å²) in [5.41, 5.74) is 3.27. The Morgan fingerprint density at radius 3 is 2.45 bits per heavy atom. The van der Waals surface area contributed by atoms with Crippen LogP contribution in [0.5, 0.6) is 17.2 Å². The minimum atomic E-state index is -0.169. The molecule has 0 atom stereocenters. The number of halogens is 1. The van der Waals surface area contributed by atoms with Crippen molar-refractivity contribution in [1.82, 2.24) is 0 Å². The van der Waals surface area contributed by atoms with Gasteiger partial charge < -0.3 is 24.4 Å². The van der Waals surface area contributed by atoms with Crippen LogP contribution in [0.1, 0.15) is 24.0 Å². The number of anilines is 2. The first kappa shape index (κ1) is 20.8. The average Bonchev–Trinajstić information content (AvgIpc) is 2.74. The van der Waals surface area contributed by atoms with E-state index in [0.29, 0.717) is 29.5 Å². The molecule has 29 heavy (non-hydrogen) atoms. The summed E-state index contributed by atoms with van der Waals surface area (Å²) in [6, 6.07) is 6.70. The first-order valence-corrected chi connectivity index (χ1v) is 9.61. The van der Waals surface area contributed by atoms with E-state index in [1.54, 1.807) is 18.2 Å². The molecule has 1 aliphatic rings. The molecule has 0 aromatic heterocycles. The predicted molar refractivity (Wildman–Crippen MR) is 111 cm³/mol. The topological polar surface area (TPSA) is 60.0 Å². The maximum absolute atomic E-state index is 14.2. The lowest BCUT2D eigenvalue weighted by molar-refractivity contribution is -0.116. The number of ether oxygens (including phenoxy) is 3. The molecule has 0 saturated carbocycles. The average molecular weight is 402 g/mol. The van der Waals surface area contributed by atoms with Crippen molar-refractivity contribution in [2.75, 3.05) is 44.6 Å². The third-order valence-electron chi connectivity index (χ3n) is 5.16. The number of rotatable bonds is 7. The van der Waals surface area contributed by atoms with Crippen LogP contribution < -0.4 is 24.4 Å². The number of aryl methyl sites for hydroxylation is 1. The van der Waals surface area contributed by atoms with Crippen LogP contribution in [0.2, 0.25) is 0 Å². The highest BCUT2D eigenvalue weighted by Gasteiger charge is 2.22. The Morgan fingerprint density at radius 2 is 1.83 bits per heavy atom. The fraction of sp³-hybridized carbons (Fsp3) is 0.409. The molecule has 0 spiro atoms. The van der Waals surface area contributed by atoms with Gasteiger partial charge >= 0.3 is 0 Å². The number of amides is 1. The fourth-order valence-electron chi connectivity index (χ4n) is 3.80. The van der Waals surface area contributed by atoms with Crippen molar-refractivity contribution in [3.63, 3.8) is 0 Å². The van der Waals surface area contributed by atoms with Gasteiger partial charge in [-0.3, -0.25) is 4.79 Å². The quantitative estimate of drug-likeness (QED) is 0.760. The molecule has 7 heteroatoms. The van der Waals surface area contributed by atoms with Gasteiger partial charge in [-0.1, -0.05) is 6.07 Å². The van der Waals surface area contributed by atoms with Crippen LogP contribution >= 0.6 is 0 Å². The number of nitrogens with zero attached hydrogens (tertiary/aromatic N) is 1. The van der Waals surface area contributed by atoms with Gasteiger partial charge in [0.15, 0.2) is 11.5 Å². The van der Waals surface area contributed by atoms with Gasteiger partial charge in [0.25, 0.3) is 0 Å². The molecule has 3 rings (SSSR count). The molecule has 0 saturated heterocycles. The Morgan fingerprint density at radius 1 is 1.14 bits per heavy atom. The number of carbonyl (C=O) groups excluding carboxylic acids is 1. The van der Waals surface area contributed by atoms with Gasteiger partial charge in [-0.25, -0.2) is 4.39 Å². The highest BCUT2D eigenvalue weighted by Crippen LogP contribution is 2.40. The van der Waals surface area contributed by atoms with Crippen LogP contribution in [0.4, 0.5) is 15.8 Å². The standard InChI is InChI=1S/C22H27FN2O4/c1-14-7-8-17(23)16-6-5-10-25(21(14)16)11-9-20(26)24-15-12-18(27-2)22(29-4)19(13-15)28-3/h7-8,12-13H,5-6,9-11H2,1-4H3,(H,24,26). The Labute approximate surface area is 170 Å². The Kier molecular flexibility index (Phi) is 6.46. The van der Waals surface area contributed by atoms with Crippen LogP contribution in [0.15, 0.2) is 24.3 Å². The van der Waals surface area contributed by atoms with E-state index in [4.69, 9.17) is 14.2 Å². The number of hydrogen-bond acceptors (Lipinski definition) is 5. The zero-order valence-corrected chi connectivity index (χ0v) is 17.3. The molecule has 0 unspecified atom stereocenters. The first-order chi connectivity index (χ1) is 14.0. The van der Waals surface area contributed by atoms with Crippen LogP contribution in [0, 0.1) is 12.7 Å². The second kappa shape index (κ2) is 9.03. The molecule has 0 aliphatic carbocycles. The van der Waals surface area contributed by atoms with Crippen molar-refractivity contribution in [2.45, 2.75) is 26.2 Å². The van der Waals surface area contributed by atoms with E-state index in [0.717, 1.165) is 36.2 Å². The zero-order chi connectivity index (χ0) is 21.0. The van der Waals surface area contributed by atoms with Crippen molar-refractivity contribution in [2.24, 2.45) is 0 Å². The third-order valence-corrected chi connectivity index (χ3v) is 5.16. The summed E-state index contributed by atoms with van der Waals surface area (Å²) in [5.74, 6) is 1.10. The van der Waals surface area contributed by atoms with Gasteiger partial charge in [-0.05, 0) is 31.4 Å². The summed E-state index contributed by atoms with van der Waals surface area (Å²) in [5, 5.41) is 2.88. The lowest BCUT2D eigenvalue weighted by Crippen LogP contribution is -2.33. The molecular weight excluding hydrogens is 375 g/mol. The highest BCUT2D eigenvalue weighted by atomic mass is 19.1. The van der Waals surface area contributed by atoms with Gasteiger partial charge in [0.05, 0.1) is 21.3 Å². The van der Waals surface area contributed by atoms with Gasteiger partial charge in [0.1, 0.15) is 5.82 Å². The maximum Gasteiger partial charge on any atom is 0.226 e. The molecule has 1 N–H and O–H groups in total. The van der Waals surface area contributed by atoms with Crippen LogP contribution in [-0.4, -0.2) is 40.3 Å². The smallest absolute Gasteiger partial charge is 0.226 e. The number of carbonyl (C=O) groups is 1. The van der Waals surface area contributed by atoms with Gasteiger partial charge in [0.2, 0.25) is 11.7 Å². The number of fused-ring (bicyclic) bond motifs is 1. The summed E-state index contributed by atoms with van der Waals surface area (Å²) >= 11 is 0. The van der Waals surface area contributed by atoms with E-state index in [1.807, 2.05) is 6.92 Å². The van der Waals surface area contributed by atoms with Crippen LogP contribution in [0.3, 0.4) is 0 Å². The summed E-state index contributed by atoms with van der Waals surface area (Å²) in [4.78, 5) is 14.7. The summed E-state index contributed by atoms with van der Waals surface area (Å²) in [7, 11) is 4.58. The molecule has 2 aromatic rings. The van der Waals surface area contributed by atoms with Gasteiger partial charge in [-0.2, -0.15) is 0 Å². The van der Waals surface area contributed by atoms with Crippen LogP contribution in [-0.2, 0) is 11.2 Å². The largest absolute Gasteiger partial charge is 0.493 e. The zero-order valence-electron chi connectivity index (χ0n) is 17.3. The van der Waals surface area contributed by atoms with E-state index in [-0.39, 0.29) is 18.1 Å². The number of benzene rings is 2. The second-order valence-corrected chi connectivity index (χ2v) is 6.99.